The van der Waals surface area contributed by atoms with Crippen molar-refractivity contribution in [1.29, 1.82) is 0 Å². The zero-order valence-corrected chi connectivity index (χ0v) is 12.0. The lowest BCUT2D eigenvalue weighted by atomic mass is 10.1. The Morgan fingerprint density at radius 3 is 2.75 bits per heavy atom. The molecule has 0 aliphatic carbocycles. The third kappa shape index (κ3) is 6.22. The summed E-state index contributed by atoms with van der Waals surface area (Å²) in [5.41, 5.74) is 1.83. The maximum Gasteiger partial charge on any atom is 0.411 e. The van der Waals surface area contributed by atoms with Gasteiger partial charge in [-0.1, -0.05) is 12.1 Å². The van der Waals surface area contributed by atoms with Crippen molar-refractivity contribution in [2.24, 2.45) is 0 Å². The molecule has 1 N–H and O–H groups in total. The van der Waals surface area contributed by atoms with E-state index in [0.29, 0.717) is 18.7 Å². The molecule has 0 heterocycles. The number of hydrogen-bond acceptors (Lipinski definition) is 4. The Balaban J connectivity index is 2.39. The molecule has 0 aliphatic heterocycles. The number of anilines is 1. The van der Waals surface area contributed by atoms with Gasteiger partial charge in [0.25, 0.3) is 0 Å². The van der Waals surface area contributed by atoms with Crippen LogP contribution in [0.1, 0.15) is 31.7 Å². The average Bonchev–Trinajstić information content (AvgIpc) is 2.44. The van der Waals surface area contributed by atoms with Crippen LogP contribution in [0.4, 0.5) is 10.5 Å². The number of methoxy groups -OCH3 is 1. The van der Waals surface area contributed by atoms with Gasteiger partial charge in [-0.2, -0.15) is 0 Å². The molecule has 1 aromatic carbocycles. The third-order valence-corrected chi connectivity index (χ3v) is 2.77. The number of aryl methyl sites for hydroxylation is 1. The summed E-state index contributed by atoms with van der Waals surface area (Å²) in [6.45, 7) is 2.11. The monoisotopic (exact) mass is 279 g/mol. The van der Waals surface area contributed by atoms with Crippen molar-refractivity contribution in [3.8, 4) is 0 Å². The van der Waals surface area contributed by atoms with E-state index in [1.807, 2.05) is 24.3 Å². The second-order valence-electron chi connectivity index (χ2n) is 4.33. The van der Waals surface area contributed by atoms with Gasteiger partial charge in [0.05, 0.1) is 13.7 Å². The molecule has 0 saturated carbocycles. The maximum absolute atomic E-state index is 11.3. The molecule has 0 radical (unpaired) electrons. The van der Waals surface area contributed by atoms with Crippen molar-refractivity contribution in [1.82, 2.24) is 0 Å². The van der Waals surface area contributed by atoms with E-state index in [9.17, 15) is 9.59 Å². The van der Waals surface area contributed by atoms with Crippen molar-refractivity contribution in [2.45, 2.75) is 32.6 Å². The van der Waals surface area contributed by atoms with Crippen LogP contribution in [0.5, 0.6) is 0 Å². The van der Waals surface area contributed by atoms with Gasteiger partial charge in [0.15, 0.2) is 0 Å². The molecule has 1 rings (SSSR count). The van der Waals surface area contributed by atoms with Gasteiger partial charge in [0, 0.05) is 12.1 Å². The summed E-state index contributed by atoms with van der Waals surface area (Å²) in [6.07, 6.45) is 2.54. The maximum atomic E-state index is 11.3. The lowest BCUT2D eigenvalue weighted by molar-refractivity contribution is -0.140. The molecule has 0 fully saturated rings. The van der Waals surface area contributed by atoms with E-state index < -0.39 is 6.09 Å². The Morgan fingerprint density at radius 1 is 1.25 bits per heavy atom. The zero-order valence-electron chi connectivity index (χ0n) is 12.0. The first kappa shape index (κ1) is 16.0. The highest BCUT2D eigenvalue weighted by molar-refractivity contribution is 5.84. The van der Waals surface area contributed by atoms with Crippen molar-refractivity contribution >= 4 is 17.7 Å². The summed E-state index contributed by atoms with van der Waals surface area (Å²) >= 11 is 0. The highest BCUT2D eigenvalue weighted by Crippen LogP contribution is 2.14. The summed E-state index contributed by atoms with van der Waals surface area (Å²) in [6, 6.07) is 7.61. The van der Waals surface area contributed by atoms with E-state index in [-0.39, 0.29) is 5.97 Å². The molecule has 0 saturated heterocycles. The van der Waals surface area contributed by atoms with E-state index in [1.165, 1.54) is 7.11 Å². The van der Waals surface area contributed by atoms with Gasteiger partial charge in [0.1, 0.15) is 0 Å². The number of carbonyl (C=O) groups is 2. The summed E-state index contributed by atoms with van der Waals surface area (Å²) < 4.78 is 9.41. The average molecular weight is 279 g/mol. The summed E-state index contributed by atoms with van der Waals surface area (Å²) in [5.74, 6) is -0.178. The number of rotatable bonds is 7. The number of ether oxygens (including phenoxy) is 2. The van der Waals surface area contributed by atoms with Gasteiger partial charge >= 0.3 is 12.1 Å². The van der Waals surface area contributed by atoms with Crippen molar-refractivity contribution in [3.05, 3.63) is 29.8 Å². The van der Waals surface area contributed by atoms with Gasteiger partial charge < -0.3 is 9.47 Å². The molecule has 1 aromatic rings. The fraction of sp³-hybridized carbons (Fsp3) is 0.467. The van der Waals surface area contributed by atoms with Gasteiger partial charge in [-0.25, -0.2) is 4.79 Å². The molecule has 0 spiro atoms. The minimum absolute atomic E-state index is 0.178. The number of carbonyl (C=O) groups excluding carboxylic acids is 2. The molecule has 5 heteroatoms. The lowest BCUT2D eigenvalue weighted by Gasteiger charge is -2.07. The fourth-order valence-corrected chi connectivity index (χ4v) is 1.79. The summed E-state index contributed by atoms with van der Waals surface area (Å²) in [5, 5.41) is 2.67. The number of benzene rings is 1. The smallest absolute Gasteiger partial charge is 0.411 e. The van der Waals surface area contributed by atoms with Crippen LogP contribution < -0.4 is 5.32 Å². The second-order valence-corrected chi connectivity index (χ2v) is 4.33. The van der Waals surface area contributed by atoms with Crippen LogP contribution in [0.3, 0.4) is 0 Å². The highest BCUT2D eigenvalue weighted by atomic mass is 16.5. The van der Waals surface area contributed by atoms with Crippen LogP contribution in [-0.2, 0) is 20.7 Å². The largest absolute Gasteiger partial charge is 0.469 e. The quantitative estimate of drug-likeness (QED) is 0.615. The molecule has 20 heavy (non-hydrogen) atoms. The number of amides is 1. The molecule has 0 bridgehead atoms. The molecule has 0 atom stereocenters. The number of hydrogen-bond donors (Lipinski definition) is 1. The van der Waals surface area contributed by atoms with Gasteiger partial charge in [-0.05, 0) is 43.9 Å². The van der Waals surface area contributed by atoms with Crippen LogP contribution >= 0.6 is 0 Å². The first-order valence-electron chi connectivity index (χ1n) is 6.75. The molecule has 110 valence electrons. The summed E-state index contributed by atoms with van der Waals surface area (Å²) in [7, 11) is 1.40. The van der Waals surface area contributed by atoms with Crippen LogP contribution in [0.2, 0.25) is 0 Å². The van der Waals surface area contributed by atoms with Crippen molar-refractivity contribution in [2.75, 3.05) is 19.0 Å². The standard InChI is InChI=1S/C15H21NO4/c1-3-20-15(18)16-13-9-6-8-12(11-13)7-4-5-10-14(17)19-2/h6,8-9,11H,3-5,7,10H2,1-2H3,(H,16,18). The van der Waals surface area contributed by atoms with E-state index in [2.05, 4.69) is 10.1 Å². The Kier molecular flexibility index (Phi) is 7.17. The number of esters is 1. The molecule has 0 aliphatic rings. The Labute approximate surface area is 119 Å². The minimum Gasteiger partial charge on any atom is -0.469 e. The number of unbranched alkanes of at least 4 members (excludes halogenated alkanes) is 1. The van der Waals surface area contributed by atoms with Crippen LogP contribution in [0, 0.1) is 0 Å². The molecular weight excluding hydrogens is 258 g/mol. The molecule has 1 amide bonds. The fourth-order valence-electron chi connectivity index (χ4n) is 1.79. The van der Waals surface area contributed by atoms with Crippen LogP contribution in [-0.4, -0.2) is 25.8 Å². The molecular formula is C15H21NO4. The van der Waals surface area contributed by atoms with E-state index >= 15 is 0 Å². The predicted octanol–water partition coefficient (Wildman–Crippen LogP) is 3.14. The Morgan fingerprint density at radius 2 is 2.05 bits per heavy atom. The molecule has 5 nitrogen and oxygen atoms in total. The summed E-state index contributed by atoms with van der Waals surface area (Å²) in [4.78, 5) is 22.3. The van der Waals surface area contributed by atoms with E-state index in [0.717, 1.165) is 24.8 Å². The van der Waals surface area contributed by atoms with E-state index in [1.54, 1.807) is 6.92 Å². The Bertz CT molecular complexity index is 445. The second kappa shape index (κ2) is 8.96. The van der Waals surface area contributed by atoms with E-state index in [4.69, 9.17) is 4.74 Å². The zero-order chi connectivity index (χ0) is 14.8. The normalized spacial score (nSPS) is 9.90. The van der Waals surface area contributed by atoms with Crippen LogP contribution in [0.15, 0.2) is 24.3 Å². The lowest BCUT2D eigenvalue weighted by Crippen LogP contribution is -2.13. The molecule has 0 unspecified atom stereocenters. The van der Waals surface area contributed by atoms with Crippen LogP contribution in [0.25, 0.3) is 0 Å². The first-order valence-corrected chi connectivity index (χ1v) is 6.75. The topological polar surface area (TPSA) is 64.6 Å². The minimum atomic E-state index is -0.449. The van der Waals surface area contributed by atoms with Gasteiger partial charge in [0.2, 0.25) is 0 Å². The predicted molar refractivity (Wildman–Crippen MR) is 76.7 cm³/mol. The number of nitrogens with one attached hydrogen (secondary N) is 1. The van der Waals surface area contributed by atoms with Crippen molar-refractivity contribution < 1.29 is 19.1 Å². The SMILES string of the molecule is CCOC(=O)Nc1cccc(CCCCC(=O)OC)c1. The third-order valence-electron chi connectivity index (χ3n) is 2.77. The van der Waals surface area contributed by atoms with Gasteiger partial charge in [-0.3, -0.25) is 10.1 Å². The first-order chi connectivity index (χ1) is 9.65. The Hall–Kier alpha value is -2.04. The highest BCUT2D eigenvalue weighted by Gasteiger charge is 2.03. The van der Waals surface area contributed by atoms with Gasteiger partial charge in [-0.15, -0.1) is 0 Å². The van der Waals surface area contributed by atoms with Crippen molar-refractivity contribution in [3.63, 3.8) is 0 Å². The molecule has 0 aromatic heterocycles.